The first-order chi connectivity index (χ1) is 8.17. The first-order valence-corrected chi connectivity index (χ1v) is 5.78. The van der Waals surface area contributed by atoms with Crippen LogP contribution >= 0.6 is 0 Å². The minimum atomic E-state index is 0.381. The average Bonchev–Trinajstić information content (AvgIpc) is 2.68. The fourth-order valence-electron chi connectivity index (χ4n) is 2.11. The highest BCUT2D eigenvalue weighted by molar-refractivity contribution is 5.87. The van der Waals surface area contributed by atoms with E-state index in [2.05, 4.69) is 24.6 Å². The number of methoxy groups -OCH3 is 1. The molecule has 1 aromatic carbocycles. The fourth-order valence-corrected chi connectivity index (χ4v) is 2.11. The topological polar surface area (TPSA) is 31.2 Å². The lowest BCUT2D eigenvalue weighted by molar-refractivity contribution is -0.107. The van der Waals surface area contributed by atoms with E-state index in [1.807, 2.05) is 18.2 Å². The molecule has 0 amide bonds. The maximum absolute atomic E-state index is 10.7. The second-order valence-electron chi connectivity index (χ2n) is 4.41. The molecule has 2 aromatic rings. The SMILES string of the molecule is COc1ccc2c(c1)c(CC=O)cn2C(C)C. The van der Waals surface area contributed by atoms with Crippen molar-refractivity contribution in [2.24, 2.45) is 0 Å². The molecule has 1 heterocycles. The van der Waals surface area contributed by atoms with Gasteiger partial charge in [-0.1, -0.05) is 0 Å². The molecule has 0 spiro atoms. The lowest BCUT2D eigenvalue weighted by Gasteiger charge is -2.09. The summed E-state index contributed by atoms with van der Waals surface area (Å²) in [5.41, 5.74) is 2.21. The van der Waals surface area contributed by atoms with Gasteiger partial charge < -0.3 is 14.1 Å². The van der Waals surface area contributed by atoms with Gasteiger partial charge in [0, 0.05) is 29.6 Å². The third-order valence-electron chi connectivity index (χ3n) is 2.98. The first kappa shape index (κ1) is 11.7. The smallest absolute Gasteiger partial charge is 0.124 e. The van der Waals surface area contributed by atoms with Crippen molar-refractivity contribution in [3.63, 3.8) is 0 Å². The fraction of sp³-hybridized carbons (Fsp3) is 0.357. The second kappa shape index (κ2) is 4.62. The van der Waals surface area contributed by atoms with Crippen molar-refractivity contribution in [2.45, 2.75) is 26.3 Å². The predicted molar refractivity (Wildman–Crippen MR) is 68.6 cm³/mol. The molecular weight excluding hydrogens is 214 g/mol. The summed E-state index contributed by atoms with van der Waals surface area (Å²) in [5, 5.41) is 1.10. The summed E-state index contributed by atoms with van der Waals surface area (Å²) in [6.07, 6.45) is 3.45. The lowest BCUT2D eigenvalue weighted by atomic mass is 10.1. The summed E-state index contributed by atoms with van der Waals surface area (Å²) in [6.45, 7) is 4.27. The van der Waals surface area contributed by atoms with E-state index in [9.17, 15) is 4.79 Å². The Labute approximate surface area is 101 Å². The molecule has 0 saturated carbocycles. The zero-order valence-electron chi connectivity index (χ0n) is 10.4. The molecule has 0 atom stereocenters. The Bertz CT molecular complexity index is 540. The van der Waals surface area contributed by atoms with Crippen LogP contribution in [0.2, 0.25) is 0 Å². The van der Waals surface area contributed by atoms with E-state index >= 15 is 0 Å². The maximum atomic E-state index is 10.7. The monoisotopic (exact) mass is 231 g/mol. The van der Waals surface area contributed by atoms with Gasteiger partial charge in [0.15, 0.2) is 0 Å². The molecule has 1 aromatic heterocycles. The number of benzene rings is 1. The van der Waals surface area contributed by atoms with Gasteiger partial charge in [-0.2, -0.15) is 0 Å². The molecule has 0 fully saturated rings. The van der Waals surface area contributed by atoms with Crippen molar-refractivity contribution in [3.8, 4) is 5.75 Å². The first-order valence-electron chi connectivity index (χ1n) is 5.78. The minimum Gasteiger partial charge on any atom is -0.497 e. The largest absolute Gasteiger partial charge is 0.497 e. The molecule has 0 N–H and O–H groups in total. The van der Waals surface area contributed by atoms with Gasteiger partial charge in [-0.25, -0.2) is 0 Å². The molecule has 3 heteroatoms. The van der Waals surface area contributed by atoms with Gasteiger partial charge in [0.2, 0.25) is 0 Å². The Morgan fingerprint density at radius 2 is 2.18 bits per heavy atom. The Balaban J connectivity index is 2.67. The number of ether oxygens (including phenoxy) is 1. The molecule has 0 unspecified atom stereocenters. The van der Waals surface area contributed by atoms with Crippen LogP contribution in [0.3, 0.4) is 0 Å². The lowest BCUT2D eigenvalue weighted by Crippen LogP contribution is -1.97. The Kier molecular flexibility index (Phi) is 3.18. The van der Waals surface area contributed by atoms with Crippen molar-refractivity contribution in [1.82, 2.24) is 4.57 Å². The Morgan fingerprint density at radius 3 is 2.76 bits per heavy atom. The molecular formula is C14H17NO2. The number of hydrogen-bond acceptors (Lipinski definition) is 2. The average molecular weight is 231 g/mol. The van der Waals surface area contributed by atoms with E-state index in [4.69, 9.17) is 4.74 Å². The number of carbonyl (C=O) groups is 1. The van der Waals surface area contributed by atoms with E-state index in [-0.39, 0.29) is 0 Å². The molecule has 3 nitrogen and oxygen atoms in total. The number of rotatable bonds is 4. The summed E-state index contributed by atoms with van der Waals surface area (Å²) in [6, 6.07) is 6.37. The molecule has 0 bridgehead atoms. The van der Waals surface area contributed by atoms with Crippen LogP contribution in [-0.4, -0.2) is 18.0 Å². The number of aromatic nitrogens is 1. The van der Waals surface area contributed by atoms with Gasteiger partial charge in [-0.3, -0.25) is 0 Å². The third kappa shape index (κ3) is 2.05. The number of aldehydes is 1. The second-order valence-corrected chi connectivity index (χ2v) is 4.41. The number of nitrogens with zero attached hydrogens (tertiary/aromatic N) is 1. The van der Waals surface area contributed by atoms with Crippen molar-refractivity contribution < 1.29 is 9.53 Å². The molecule has 0 aliphatic heterocycles. The summed E-state index contributed by atoms with van der Waals surface area (Å²) in [7, 11) is 1.65. The van der Waals surface area contributed by atoms with Crippen LogP contribution in [0.25, 0.3) is 10.9 Å². The van der Waals surface area contributed by atoms with E-state index in [0.717, 1.165) is 28.5 Å². The molecule has 2 rings (SSSR count). The standard InChI is InChI=1S/C14H17NO2/c1-10(2)15-9-11(6-7-16)13-8-12(17-3)4-5-14(13)15/h4-5,7-10H,6H2,1-3H3. The van der Waals surface area contributed by atoms with Crippen LogP contribution in [0.15, 0.2) is 24.4 Å². The summed E-state index contributed by atoms with van der Waals surface area (Å²) >= 11 is 0. The molecule has 0 radical (unpaired) electrons. The van der Waals surface area contributed by atoms with E-state index in [1.54, 1.807) is 7.11 Å². The quantitative estimate of drug-likeness (QED) is 0.757. The molecule has 0 aliphatic carbocycles. The summed E-state index contributed by atoms with van der Waals surface area (Å²) in [4.78, 5) is 10.7. The zero-order valence-corrected chi connectivity index (χ0v) is 10.4. The van der Waals surface area contributed by atoms with Gasteiger partial charge in [-0.05, 0) is 37.6 Å². The number of hydrogen-bond donors (Lipinski definition) is 0. The maximum Gasteiger partial charge on any atom is 0.124 e. The third-order valence-corrected chi connectivity index (χ3v) is 2.98. The van der Waals surface area contributed by atoms with Crippen LogP contribution in [0.4, 0.5) is 0 Å². The van der Waals surface area contributed by atoms with Gasteiger partial charge in [0.05, 0.1) is 7.11 Å². The van der Waals surface area contributed by atoms with Crippen molar-refractivity contribution in [3.05, 3.63) is 30.0 Å². The van der Waals surface area contributed by atoms with Gasteiger partial charge >= 0.3 is 0 Å². The van der Waals surface area contributed by atoms with Crippen molar-refractivity contribution in [2.75, 3.05) is 7.11 Å². The molecule has 90 valence electrons. The Hall–Kier alpha value is -1.77. The van der Waals surface area contributed by atoms with Crippen molar-refractivity contribution in [1.29, 1.82) is 0 Å². The van der Waals surface area contributed by atoms with Crippen LogP contribution in [-0.2, 0) is 11.2 Å². The van der Waals surface area contributed by atoms with Crippen molar-refractivity contribution >= 4 is 17.2 Å². The van der Waals surface area contributed by atoms with Gasteiger partial charge in [0.25, 0.3) is 0 Å². The minimum absolute atomic E-state index is 0.381. The summed E-state index contributed by atoms with van der Waals surface area (Å²) < 4.78 is 7.42. The molecule has 0 saturated heterocycles. The predicted octanol–water partition coefficient (Wildman–Crippen LogP) is 2.97. The van der Waals surface area contributed by atoms with Gasteiger partial charge in [-0.15, -0.1) is 0 Å². The highest BCUT2D eigenvalue weighted by atomic mass is 16.5. The van der Waals surface area contributed by atoms with Crippen LogP contribution in [0, 0.1) is 0 Å². The molecule has 17 heavy (non-hydrogen) atoms. The highest BCUT2D eigenvalue weighted by Gasteiger charge is 2.10. The van der Waals surface area contributed by atoms with E-state index in [1.165, 1.54) is 0 Å². The number of fused-ring (bicyclic) bond motifs is 1. The highest BCUT2D eigenvalue weighted by Crippen LogP contribution is 2.28. The molecule has 0 aliphatic rings. The van der Waals surface area contributed by atoms with E-state index in [0.29, 0.717) is 12.5 Å². The zero-order chi connectivity index (χ0) is 12.4. The number of carbonyl (C=O) groups excluding carboxylic acids is 1. The van der Waals surface area contributed by atoms with Crippen LogP contribution in [0.1, 0.15) is 25.5 Å². The van der Waals surface area contributed by atoms with Gasteiger partial charge in [0.1, 0.15) is 12.0 Å². The summed E-state index contributed by atoms with van der Waals surface area (Å²) in [5.74, 6) is 0.825. The van der Waals surface area contributed by atoms with Crippen LogP contribution < -0.4 is 4.74 Å². The Morgan fingerprint density at radius 1 is 1.41 bits per heavy atom. The van der Waals surface area contributed by atoms with E-state index < -0.39 is 0 Å². The van der Waals surface area contributed by atoms with Crippen LogP contribution in [0.5, 0.6) is 5.75 Å². The normalized spacial score (nSPS) is 11.1.